The fraction of sp³-hybridized carbons (Fsp3) is 0.0500. The van der Waals surface area contributed by atoms with Crippen molar-refractivity contribution in [1.82, 2.24) is 4.98 Å². The molecule has 5 nitrogen and oxygen atoms in total. The fourth-order valence-corrected chi connectivity index (χ4v) is 2.26. The Morgan fingerprint density at radius 3 is 2.64 bits per heavy atom. The van der Waals surface area contributed by atoms with Crippen LogP contribution in [-0.2, 0) is 0 Å². The number of aryl methyl sites for hydroxylation is 1. The molecule has 0 aliphatic heterocycles. The van der Waals surface area contributed by atoms with E-state index in [9.17, 15) is 4.79 Å². The van der Waals surface area contributed by atoms with Crippen LogP contribution >= 0.6 is 0 Å². The minimum Gasteiger partial charge on any atom is -0.438 e. The number of amides is 1. The minimum atomic E-state index is -0.172. The van der Waals surface area contributed by atoms with Crippen molar-refractivity contribution >= 4 is 11.6 Å². The number of aromatic nitrogens is 1. The van der Waals surface area contributed by atoms with Crippen molar-refractivity contribution in [1.29, 1.82) is 5.26 Å². The highest BCUT2D eigenvalue weighted by Crippen LogP contribution is 2.24. The lowest BCUT2D eigenvalue weighted by Crippen LogP contribution is -2.11. The zero-order valence-corrected chi connectivity index (χ0v) is 13.6. The minimum absolute atomic E-state index is 0.172. The third kappa shape index (κ3) is 4.01. The molecule has 1 aromatic heterocycles. The van der Waals surface area contributed by atoms with Crippen LogP contribution in [0.2, 0.25) is 0 Å². The lowest BCUT2D eigenvalue weighted by atomic mass is 10.1. The van der Waals surface area contributed by atoms with E-state index in [1.807, 2.05) is 31.2 Å². The molecule has 0 fully saturated rings. The molecule has 0 bridgehead atoms. The van der Waals surface area contributed by atoms with Crippen molar-refractivity contribution in [2.75, 3.05) is 5.32 Å². The SMILES string of the molecule is Cc1cccc(C(=O)Nc2ccc(Oc3ncccc3C#N)cc2)c1. The third-order valence-electron chi connectivity index (χ3n) is 3.50. The number of carbonyl (C=O) groups is 1. The molecule has 3 aromatic rings. The molecular formula is C20H15N3O2. The van der Waals surface area contributed by atoms with Gasteiger partial charge in [-0.3, -0.25) is 4.79 Å². The number of nitrogens with one attached hydrogen (secondary N) is 1. The maximum absolute atomic E-state index is 12.2. The number of anilines is 1. The van der Waals surface area contributed by atoms with E-state index in [0.29, 0.717) is 22.6 Å². The first-order chi connectivity index (χ1) is 12.2. The molecule has 0 aliphatic rings. The van der Waals surface area contributed by atoms with Gasteiger partial charge in [0.25, 0.3) is 5.91 Å². The van der Waals surface area contributed by atoms with E-state index in [4.69, 9.17) is 10.00 Å². The molecule has 1 heterocycles. The van der Waals surface area contributed by atoms with Crippen molar-refractivity contribution in [2.45, 2.75) is 6.92 Å². The molecule has 0 aliphatic carbocycles. The van der Waals surface area contributed by atoms with E-state index in [1.54, 1.807) is 48.7 Å². The molecule has 0 unspecified atom stereocenters. The molecule has 1 amide bonds. The van der Waals surface area contributed by atoms with Crippen molar-refractivity contribution in [3.8, 4) is 17.7 Å². The van der Waals surface area contributed by atoms with Gasteiger partial charge in [0.05, 0.1) is 0 Å². The van der Waals surface area contributed by atoms with Crippen LogP contribution in [0.3, 0.4) is 0 Å². The quantitative estimate of drug-likeness (QED) is 0.774. The Morgan fingerprint density at radius 2 is 1.92 bits per heavy atom. The van der Waals surface area contributed by atoms with Crippen LogP contribution in [0.4, 0.5) is 5.69 Å². The van der Waals surface area contributed by atoms with Gasteiger partial charge in [0.2, 0.25) is 5.88 Å². The first kappa shape index (κ1) is 16.2. The smallest absolute Gasteiger partial charge is 0.255 e. The van der Waals surface area contributed by atoms with E-state index in [0.717, 1.165) is 5.56 Å². The molecule has 0 saturated carbocycles. The highest BCUT2D eigenvalue weighted by atomic mass is 16.5. The van der Waals surface area contributed by atoms with E-state index in [2.05, 4.69) is 10.3 Å². The molecule has 122 valence electrons. The standard InChI is InChI=1S/C20H15N3O2/c1-14-4-2-5-15(12-14)19(24)23-17-7-9-18(10-8-17)25-20-16(13-21)6-3-11-22-20/h2-12H,1H3,(H,23,24). The Bertz CT molecular complexity index is 944. The van der Waals surface area contributed by atoms with Gasteiger partial charge in [-0.15, -0.1) is 0 Å². The lowest BCUT2D eigenvalue weighted by molar-refractivity contribution is 0.102. The number of ether oxygens (including phenoxy) is 1. The summed E-state index contributed by atoms with van der Waals surface area (Å²) in [6.45, 7) is 1.94. The van der Waals surface area contributed by atoms with Gasteiger partial charge in [-0.25, -0.2) is 4.98 Å². The lowest BCUT2D eigenvalue weighted by Gasteiger charge is -2.08. The van der Waals surface area contributed by atoms with Crippen LogP contribution in [0.1, 0.15) is 21.5 Å². The Morgan fingerprint density at radius 1 is 1.12 bits per heavy atom. The van der Waals surface area contributed by atoms with Gasteiger partial charge in [0.15, 0.2) is 0 Å². The topological polar surface area (TPSA) is 75.0 Å². The summed E-state index contributed by atoms with van der Waals surface area (Å²) in [5.74, 6) is 0.610. The number of nitriles is 1. The van der Waals surface area contributed by atoms with Gasteiger partial charge in [-0.1, -0.05) is 17.7 Å². The summed E-state index contributed by atoms with van der Waals surface area (Å²) in [5, 5.41) is 11.9. The summed E-state index contributed by atoms with van der Waals surface area (Å²) in [4.78, 5) is 16.3. The molecular weight excluding hydrogens is 314 g/mol. The highest BCUT2D eigenvalue weighted by molar-refractivity contribution is 6.04. The Hall–Kier alpha value is -3.65. The number of pyridine rings is 1. The Labute approximate surface area is 145 Å². The second-order valence-electron chi connectivity index (χ2n) is 5.42. The van der Waals surface area contributed by atoms with Crippen LogP contribution in [0.5, 0.6) is 11.6 Å². The summed E-state index contributed by atoms with van der Waals surface area (Å²) in [6, 6.07) is 19.6. The second-order valence-corrected chi connectivity index (χ2v) is 5.42. The van der Waals surface area contributed by atoms with Gasteiger partial charge in [-0.05, 0) is 55.5 Å². The number of rotatable bonds is 4. The predicted octanol–water partition coefficient (Wildman–Crippen LogP) is 4.31. The van der Waals surface area contributed by atoms with Crippen molar-refractivity contribution in [2.24, 2.45) is 0 Å². The first-order valence-corrected chi connectivity index (χ1v) is 7.67. The number of hydrogen-bond donors (Lipinski definition) is 1. The first-order valence-electron chi connectivity index (χ1n) is 7.67. The summed E-state index contributed by atoms with van der Waals surface area (Å²) in [5.41, 5.74) is 2.65. The molecule has 0 atom stereocenters. The molecule has 3 rings (SSSR count). The van der Waals surface area contributed by atoms with Crippen molar-refractivity contribution in [3.05, 3.63) is 83.6 Å². The zero-order valence-electron chi connectivity index (χ0n) is 13.6. The van der Waals surface area contributed by atoms with Gasteiger partial charge in [0, 0.05) is 17.4 Å². The Balaban J connectivity index is 1.70. The van der Waals surface area contributed by atoms with Crippen LogP contribution < -0.4 is 10.1 Å². The summed E-state index contributed by atoms with van der Waals surface area (Å²) >= 11 is 0. The van der Waals surface area contributed by atoms with Crippen LogP contribution in [0.15, 0.2) is 66.9 Å². The molecule has 25 heavy (non-hydrogen) atoms. The van der Waals surface area contributed by atoms with Crippen molar-refractivity contribution in [3.63, 3.8) is 0 Å². The largest absolute Gasteiger partial charge is 0.438 e. The average Bonchev–Trinajstić information content (AvgIpc) is 2.64. The molecule has 0 radical (unpaired) electrons. The van der Waals surface area contributed by atoms with Crippen LogP contribution in [0, 0.1) is 18.3 Å². The molecule has 2 aromatic carbocycles. The molecule has 0 spiro atoms. The second kappa shape index (κ2) is 7.28. The monoisotopic (exact) mass is 329 g/mol. The Kier molecular flexibility index (Phi) is 4.72. The van der Waals surface area contributed by atoms with Gasteiger partial charge < -0.3 is 10.1 Å². The zero-order chi connectivity index (χ0) is 17.6. The van der Waals surface area contributed by atoms with E-state index in [-0.39, 0.29) is 11.8 Å². The van der Waals surface area contributed by atoms with Gasteiger partial charge >= 0.3 is 0 Å². The molecule has 0 saturated heterocycles. The third-order valence-corrected chi connectivity index (χ3v) is 3.50. The van der Waals surface area contributed by atoms with Crippen LogP contribution in [-0.4, -0.2) is 10.9 Å². The highest BCUT2D eigenvalue weighted by Gasteiger charge is 2.08. The molecule has 5 heteroatoms. The maximum atomic E-state index is 12.2. The number of nitrogens with zero attached hydrogens (tertiary/aromatic N) is 2. The number of benzene rings is 2. The van der Waals surface area contributed by atoms with E-state index < -0.39 is 0 Å². The maximum Gasteiger partial charge on any atom is 0.255 e. The molecule has 1 N–H and O–H groups in total. The number of hydrogen-bond acceptors (Lipinski definition) is 4. The van der Waals surface area contributed by atoms with Crippen molar-refractivity contribution < 1.29 is 9.53 Å². The predicted molar refractivity (Wildman–Crippen MR) is 94.6 cm³/mol. The summed E-state index contributed by atoms with van der Waals surface area (Å²) in [7, 11) is 0. The number of carbonyl (C=O) groups excluding carboxylic acids is 1. The summed E-state index contributed by atoms with van der Waals surface area (Å²) in [6.07, 6.45) is 1.56. The fourth-order valence-electron chi connectivity index (χ4n) is 2.26. The van der Waals surface area contributed by atoms with Crippen LogP contribution in [0.25, 0.3) is 0 Å². The summed E-state index contributed by atoms with van der Waals surface area (Å²) < 4.78 is 5.61. The van der Waals surface area contributed by atoms with Gasteiger partial charge in [0.1, 0.15) is 17.4 Å². The normalized spacial score (nSPS) is 9.92. The van der Waals surface area contributed by atoms with Gasteiger partial charge in [-0.2, -0.15) is 5.26 Å². The average molecular weight is 329 g/mol. The van der Waals surface area contributed by atoms with E-state index in [1.165, 1.54) is 0 Å². The van der Waals surface area contributed by atoms with E-state index >= 15 is 0 Å².